The number of benzene rings is 1. The largest absolute Gasteiger partial charge is 0.496 e. The standard InChI is InChI=1S/C12H16O3/c1-14-11-7-5-8-12(15-2)10(11)6-3-4-9-13/h3-5,7-8,13H,6,9H2,1-2H3. The van der Waals surface area contributed by atoms with Crippen LogP contribution in [0.25, 0.3) is 0 Å². The van der Waals surface area contributed by atoms with Crippen LogP contribution in [-0.2, 0) is 6.42 Å². The van der Waals surface area contributed by atoms with Gasteiger partial charge in [0.25, 0.3) is 0 Å². The summed E-state index contributed by atoms with van der Waals surface area (Å²) >= 11 is 0. The molecular weight excluding hydrogens is 192 g/mol. The van der Waals surface area contributed by atoms with Crippen molar-refractivity contribution >= 4 is 0 Å². The van der Waals surface area contributed by atoms with Gasteiger partial charge in [0.15, 0.2) is 0 Å². The minimum absolute atomic E-state index is 0.0530. The van der Waals surface area contributed by atoms with E-state index in [2.05, 4.69) is 0 Å². The highest BCUT2D eigenvalue weighted by Crippen LogP contribution is 2.28. The van der Waals surface area contributed by atoms with E-state index in [1.165, 1.54) is 0 Å². The van der Waals surface area contributed by atoms with Gasteiger partial charge in [-0.1, -0.05) is 18.2 Å². The lowest BCUT2D eigenvalue weighted by Gasteiger charge is -2.10. The van der Waals surface area contributed by atoms with Crippen LogP contribution in [0.5, 0.6) is 11.5 Å². The zero-order chi connectivity index (χ0) is 11.1. The molecule has 0 spiro atoms. The maximum Gasteiger partial charge on any atom is 0.126 e. The van der Waals surface area contributed by atoms with Gasteiger partial charge in [0, 0.05) is 5.56 Å². The fourth-order valence-corrected chi connectivity index (χ4v) is 1.40. The number of aliphatic hydroxyl groups is 1. The highest BCUT2D eigenvalue weighted by molar-refractivity contribution is 5.45. The first kappa shape index (κ1) is 11.6. The van der Waals surface area contributed by atoms with E-state index in [1.807, 2.05) is 24.3 Å². The predicted octanol–water partition coefficient (Wildman–Crippen LogP) is 1.79. The first-order chi connectivity index (χ1) is 7.33. The van der Waals surface area contributed by atoms with Crippen molar-refractivity contribution in [3.8, 4) is 11.5 Å². The third-order valence-electron chi connectivity index (χ3n) is 2.12. The predicted molar refractivity (Wildman–Crippen MR) is 59.5 cm³/mol. The molecule has 0 radical (unpaired) electrons. The molecule has 1 N–H and O–H groups in total. The summed E-state index contributed by atoms with van der Waals surface area (Å²) in [5, 5.41) is 8.65. The molecule has 0 amide bonds. The van der Waals surface area contributed by atoms with Crippen LogP contribution in [0.2, 0.25) is 0 Å². The lowest BCUT2D eigenvalue weighted by atomic mass is 10.1. The van der Waals surface area contributed by atoms with E-state index in [9.17, 15) is 0 Å². The van der Waals surface area contributed by atoms with Crippen molar-refractivity contribution in [1.82, 2.24) is 0 Å². The summed E-state index contributed by atoms with van der Waals surface area (Å²) in [4.78, 5) is 0. The molecule has 0 saturated carbocycles. The van der Waals surface area contributed by atoms with E-state index >= 15 is 0 Å². The molecule has 0 saturated heterocycles. The molecule has 0 aliphatic rings. The third-order valence-corrected chi connectivity index (χ3v) is 2.12. The average Bonchev–Trinajstić information content (AvgIpc) is 2.29. The summed E-state index contributed by atoms with van der Waals surface area (Å²) in [6, 6.07) is 5.67. The molecule has 82 valence electrons. The second kappa shape index (κ2) is 6.09. The third kappa shape index (κ3) is 2.99. The average molecular weight is 208 g/mol. The van der Waals surface area contributed by atoms with Crippen LogP contribution in [0.1, 0.15) is 5.56 Å². The molecule has 0 bridgehead atoms. The monoisotopic (exact) mass is 208 g/mol. The van der Waals surface area contributed by atoms with Gasteiger partial charge < -0.3 is 14.6 Å². The highest BCUT2D eigenvalue weighted by atomic mass is 16.5. The number of hydrogen-bond acceptors (Lipinski definition) is 3. The number of hydrogen-bond donors (Lipinski definition) is 1. The molecule has 0 aliphatic carbocycles. The molecule has 0 atom stereocenters. The van der Waals surface area contributed by atoms with Crippen LogP contribution < -0.4 is 9.47 Å². The Kier molecular flexibility index (Phi) is 4.71. The van der Waals surface area contributed by atoms with Gasteiger partial charge in [-0.2, -0.15) is 0 Å². The van der Waals surface area contributed by atoms with Gasteiger partial charge in [-0.05, 0) is 18.6 Å². The van der Waals surface area contributed by atoms with Crippen molar-refractivity contribution in [2.24, 2.45) is 0 Å². The van der Waals surface area contributed by atoms with Crippen molar-refractivity contribution < 1.29 is 14.6 Å². The van der Waals surface area contributed by atoms with E-state index in [-0.39, 0.29) is 6.61 Å². The quantitative estimate of drug-likeness (QED) is 0.750. The maximum absolute atomic E-state index is 8.65. The van der Waals surface area contributed by atoms with Crippen LogP contribution in [0.15, 0.2) is 30.4 Å². The lowest BCUT2D eigenvalue weighted by Crippen LogP contribution is -1.95. The topological polar surface area (TPSA) is 38.7 Å². The first-order valence-electron chi connectivity index (χ1n) is 4.79. The molecule has 0 aliphatic heterocycles. The Bertz CT molecular complexity index is 309. The Morgan fingerprint density at radius 2 is 1.73 bits per heavy atom. The summed E-state index contributed by atoms with van der Waals surface area (Å²) in [6.07, 6.45) is 4.28. The molecule has 0 aromatic heterocycles. The summed E-state index contributed by atoms with van der Waals surface area (Å²) in [5.41, 5.74) is 0.993. The van der Waals surface area contributed by atoms with E-state index in [0.29, 0.717) is 6.42 Å². The van der Waals surface area contributed by atoms with Gasteiger partial charge >= 0.3 is 0 Å². The molecule has 0 unspecified atom stereocenters. The fourth-order valence-electron chi connectivity index (χ4n) is 1.40. The highest BCUT2D eigenvalue weighted by Gasteiger charge is 2.07. The van der Waals surface area contributed by atoms with Crippen LogP contribution >= 0.6 is 0 Å². The molecule has 1 aromatic carbocycles. The lowest BCUT2D eigenvalue weighted by molar-refractivity contribution is 0.342. The molecular formula is C12H16O3. The SMILES string of the molecule is COc1cccc(OC)c1CC=CCO. The molecule has 3 nitrogen and oxygen atoms in total. The minimum atomic E-state index is 0.0530. The minimum Gasteiger partial charge on any atom is -0.496 e. The second-order valence-corrected chi connectivity index (χ2v) is 3.00. The Morgan fingerprint density at radius 1 is 1.13 bits per heavy atom. The molecule has 1 rings (SSSR count). The van der Waals surface area contributed by atoms with Crippen molar-refractivity contribution in [3.63, 3.8) is 0 Å². The zero-order valence-electron chi connectivity index (χ0n) is 9.06. The van der Waals surface area contributed by atoms with Crippen molar-refractivity contribution in [3.05, 3.63) is 35.9 Å². The molecule has 3 heteroatoms. The van der Waals surface area contributed by atoms with Crippen LogP contribution in [0, 0.1) is 0 Å². The smallest absolute Gasteiger partial charge is 0.126 e. The number of rotatable bonds is 5. The van der Waals surface area contributed by atoms with Crippen LogP contribution in [-0.4, -0.2) is 25.9 Å². The summed E-state index contributed by atoms with van der Waals surface area (Å²) < 4.78 is 10.5. The van der Waals surface area contributed by atoms with E-state index in [0.717, 1.165) is 17.1 Å². The van der Waals surface area contributed by atoms with Crippen molar-refractivity contribution in [2.45, 2.75) is 6.42 Å². The van der Waals surface area contributed by atoms with Gasteiger partial charge in [0.2, 0.25) is 0 Å². The van der Waals surface area contributed by atoms with E-state index in [1.54, 1.807) is 20.3 Å². The Hall–Kier alpha value is -1.48. The van der Waals surface area contributed by atoms with Gasteiger partial charge in [-0.3, -0.25) is 0 Å². The number of allylic oxidation sites excluding steroid dienone is 1. The zero-order valence-corrected chi connectivity index (χ0v) is 9.06. The second-order valence-electron chi connectivity index (χ2n) is 3.00. The van der Waals surface area contributed by atoms with Crippen molar-refractivity contribution in [2.75, 3.05) is 20.8 Å². The van der Waals surface area contributed by atoms with Crippen molar-refractivity contribution in [1.29, 1.82) is 0 Å². The van der Waals surface area contributed by atoms with Gasteiger partial charge in [0.05, 0.1) is 20.8 Å². The maximum atomic E-state index is 8.65. The summed E-state index contributed by atoms with van der Waals surface area (Å²) in [7, 11) is 3.27. The van der Waals surface area contributed by atoms with Crippen LogP contribution in [0.3, 0.4) is 0 Å². The van der Waals surface area contributed by atoms with E-state index < -0.39 is 0 Å². The number of ether oxygens (including phenoxy) is 2. The molecule has 0 heterocycles. The number of aliphatic hydroxyl groups excluding tert-OH is 1. The first-order valence-corrected chi connectivity index (χ1v) is 4.79. The Labute approximate surface area is 90.0 Å². The number of methoxy groups -OCH3 is 2. The van der Waals surface area contributed by atoms with Crippen LogP contribution in [0.4, 0.5) is 0 Å². The van der Waals surface area contributed by atoms with Gasteiger partial charge in [-0.25, -0.2) is 0 Å². The molecule has 1 aromatic rings. The Balaban J connectivity index is 2.94. The summed E-state index contributed by atoms with van der Waals surface area (Å²) in [5.74, 6) is 1.61. The van der Waals surface area contributed by atoms with Gasteiger partial charge in [-0.15, -0.1) is 0 Å². The Morgan fingerprint density at radius 3 is 2.20 bits per heavy atom. The summed E-state index contributed by atoms with van der Waals surface area (Å²) in [6.45, 7) is 0.0530. The van der Waals surface area contributed by atoms with E-state index in [4.69, 9.17) is 14.6 Å². The fraction of sp³-hybridized carbons (Fsp3) is 0.333. The normalized spacial score (nSPS) is 10.6. The molecule has 15 heavy (non-hydrogen) atoms. The molecule has 0 fully saturated rings. The van der Waals surface area contributed by atoms with Gasteiger partial charge in [0.1, 0.15) is 11.5 Å².